The number of carbonyl (C=O) groups excluding carboxylic acids is 1. The van der Waals surface area contributed by atoms with Crippen LogP contribution in [0.1, 0.15) is 38.4 Å². The Morgan fingerprint density at radius 3 is 2.35 bits per heavy atom. The first-order valence-electron chi connectivity index (χ1n) is 8.76. The maximum atomic E-state index is 12.7. The average molecular weight is 348 g/mol. The van der Waals surface area contributed by atoms with E-state index in [1.165, 1.54) is 5.56 Å². The van der Waals surface area contributed by atoms with Gasteiger partial charge in [-0.15, -0.1) is 0 Å². The van der Waals surface area contributed by atoms with Crippen molar-refractivity contribution in [2.45, 2.75) is 33.5 Å². The summed E-state index contributed by atoms with van der Waals surface area (Å²) in [5.41, 5.74) is 5.69. The number of aliphatic hydroxyl groups excluding tert-OH is 1. The van der Waals surface area contributed by atoms with E-state index in [2.05, 4.69) is 22.0 Å². The normalized spacial score (nSPS) is 10.7. The third-order valence-corrected chi connectivity index (χ3v) is 4.73. The van der Waals surface area contributed by atoms with Gasteiger partial charge in [0.05, 0.1) is 12.2 Å². The molecule has 0 spiro atoms. The molecule has 26 heavy (non-hydrogen) atoms. The number of hydrogen-bond donors (Lipinski definition) is 2. The predicted molar refractivity (Wildman–Crippen MR) is 103 cm³/mol. The van der Waals surface area contributed by atoms with Crippen LogP contribution in [-0.4, -0.2) is 15.6 Å². The van der Waals surface area contributed by atoms with Crippen LogP contribution in [-0.2, 0) is 19.7 Å². The molecular formula is C22H24N2O2. The molecule has 0 saturated heterocycles. The fourth-order valence-electron chi connectivity index (χ4n) is 3.20. The largest absolute Gasteiger partial charge is 0.392 e. The average Bonchev–Trinajstić information content (AvgIpc) is 2.95. The van der Waals surface area contributed by atoms with Crippen LogP contribution in [0.5, 0.6) is 0 Å². The molecule has 134 valence electrons. The monoisotopic (exact) mass is 348 g/mol. The molecule has 0 aliphatic heterocycles. The minimum atomic E-state index is -0.0924. The zero-order valence-electron chi connectivity index (χ0n) is 15.2. The van der Waals surface area contributed by atoms with E-state index in [9.17, 15) is 9.90 Å². The maximum absolute atomic E-state index is 12.7. The molecule has 0 aliphatic rings. The van der Waals surface area contributed by atoms with Gasteiger partial charge in [-0.2, -0.15) is 0 Å². The number of nitrogens with zero attached hydrogens (tertiary/aromatic N) is 1. The summed E-state index contributed by atoms with van der Waals surface area (Å²) in [6, 6.07) is 19.7. The van der Waals surface area contributed by atoms with Crippen LogP contribution in [0.2, 0.25) is 0 Å². The SMILES string of the molecule is Cc1cc(C(=O)NCc2ccccc2CO)c(C)n1Cc1ccccc1. The van der Waals surface area contributed by atoms with Gasteiger partial charge >= 0.3 is 0 Å². The molecule has 2 aromatic carbocycles. The molecule has 0 unspecified atom stereocenters. The third-order valence-electron chi connectivity index (χ3n) is 4.73. The van der Waals surface area contributed by atoms with Crippen LogP contribution in [0.15, 0.2) is 60.7 Å². The Labute approximate surface area is 154 Å². The van der Waals surface area contributed by atoms with Gasteiger partial charge in [0.2, 0.25) is 0 Å². The van der Waals surface area contributed by atoms with E-state index in [4.69, 9.17) is 0 Å². The molecule has 1 amide bonds. The summed E-state index contributed by atoms with van der Waals surface area (Å²) < 4.78 is 2.16. The maximum Gasteiger partial charge on any atom is 0.253 e. The van der Waals surface area contributed by atoms with Crippen molar-refractivity contribution in [1.82, 2.24) is 9.88 Å². The summed E-state index contributed by atoms with van der Waals surface area (Å²) in [5.74, 6) is -0.0924. The van der Waals surface area contributed by atoms with Gasteiger partial charge in [-0.05, 0) is 36.6 Å². The molecule has 0 fully saturated rings. The summed E-state index contributed by atoms with van der Waals surface area (Å²) in [7, 11) is 0. The highest BCUT2D eigenvalue weighted by molar-refractivity contribution is 5.95. The van der Waals surface area contributed by atoms with Gasteiger partial charge in [-0.1, -0.05) is 54.6 Å². The van der Waals surface area contributed by atoms with Crippen molar-refractivity contribution >= 4 is 5.91 Å². The van der Waals surface area contributed by atoms with Gasteiger partial charge in [0, 0.05) is 24.5 Å². The number of amides is 1. The fraction of sp³-hybridized carbons (Fsp3) is 0.227. The van der Waals surface area contributed by atoms with E-state index >= 15 is 0 Å². The van der Waals surface area contributed by atoms with Crippen LogP contribution < -0.4 is 5.32 Å². The first-order valence-corrected chi connectivity index (χ1v) is 8.76. The zero-order chi connectivity index (χ0) is 18.5. The Hall–Kier alpha value is -2.85. The van der Waals surface area contributed by atoms with E-state index < -0.39 is 0 Å². The summed E-state index contributed by atoms with van der Waals surface area (Å²) in [6.45, 7) is 5.12. The van der Waals surface area contributed by atoms with Crippen molar-refractivity contribution in [3.8, 4) is 0 Å². The number of nitrogens with one attached hydrogen (secondary N) is 1. The summed E-state index contributed by atoms with van der Waals surface area (Å²) in [6.07, 6.45) is 0. The smallest absolute Gasteiger partial charge is 0.253 e. The van der Waals surface area contributed by atoms with Gasteiger partial charge in [0.1, 0.15) is 0 Å². The van der Waals surface area contributed by atoms with E-state index in [-0.39, 0.29) is 12.5 Å². The Balaban J connectivity index is 1.75. The third kappa shape index (κ3) is 3.86. The van der Waals surface area contributed by atoms with Crippen molar-refractivity contribution in [3.05, 3.63) is 94.3 Å². The second-order valence-corrected chi connectivity index (χ2v) is 6.47. The van der Waals surface area contributed by atoms with E-state index in [0.29, 0.717) is 12.1 Å². The quantitative estimate of drug-likeness (QED) is 0.715. The molecule has 4 heteroatoms. The number of rotatable bonds is 6. The molecule has 3 rings (SSSR count). The molecular weight excluding hydrogens is 324 g/mol. The van der Waals surface area contributed by atoms with Crippen LogP contribution in [0.3, 0.4) is 0 Å². The topological polar surface area (TPSA) is 54.3 Å². The highest BCUT2D eigenvalue weighted by atomic mass is 16.3. The van der Waals surface area contributed by atoms with Gasteiger partial charge in [0.25, 0.3) is 5.91 Å². The van der Waals surface area contributed by atoms with Crippen molar-refractivity contribution in [2.24, 2.45) is 0 Å². The number of hydrogen-bond acceptors (Lipinski definition) is 2. The number of benzene rings is 2. The van der Waals surface area contributed by atoms with Crippen molar-refractivity contribution in [3.63, 3.8) is 0 Å². The standard InChI is InChI=1S/C22H24N2O2/c1-16-12-21(17(2)24(16)14-18-8-4-3-5-9-18)22(26)23-13-19-10-6-7-11-20(19)15-25/h3-12,25H,13-15H2,1-2H3,(H,23,26). The van der Waals surface area contributed by atoms with E-state index in [1.807, 2.05) is 62.4 Å². The first kappa shape index (κ1) is 18.0. The highest BCUT2D eigenvalue weighted by Crippen LogP contribution is 2.17. The molecule has 0 bridgehead atoms. The lowest BCUT2D eigenvalue weighted by molar-refractivity contribution is 0.0950. The minimum absolute atomic E-state index is 0.0301. The van der Waals surface area contributed by atoms with Crippen LogP contribution in [0.25, 0.3) is 0 Å². The second kappa shape index (κ2) is 8.02. The van der Waals surface area contributed by atoms with Gasteiger partial charge in [-0.3, -0.25) is 4.79 Å². The number of aliphatic hydroxyl groups is 1. The molecule has 0 saturated carbocycles. The molecule has 1 heterocycles. The first-order chi connectivity index (χ1) is 12.6. The van der Waals surface area contributed by atoms with Crippen LogP contribution in [0.4, 0.5) is 0 Å². The Kier molecular flexibility index (Phi) is 5.54. The Morgan fingerprint density at radius 2 is 1.65 bits per heavy atom. The summed E-state index contributed by atoms with van der Waals surface area (Å²) in [4.78, 5) is 12.7. The molecule has 0 aliphatic carbocycles. The summed E-state index contributed by atoms with van der Waals surface area (Å²) >= 11 is 0. The number of carbonyl (C=O) groups is 1. The van der Waals surface area contributed by atoms with E-state index in [1.54, 1.807) is 0 Å². The Bertz CT molecular complexity index is 898. The predicted octanol–water partition coefficient (Wildman–Crippen LogP) is 3.58. The second-order valence-electron chi connectivity index (χ2n) is 6.47. The van der Waals surface area contributed by atoms with Crippen molar-refractivity contribution in [2.75, 3.05) is 0 Å². The number of aryl methyl sites for hydroxylation is 1. The van der Waals surface area contributed by atoms with E-state index in [0.717, 1.165) is 29.1 Å². The summed E-state index contributed by atoms with van der Waals surface area (Å²) in [5, 5.41) is 12.4. The Morgan fingerprint density at radius 1 is 1.00 bits per heavy atom. The van der Waals surface area contributed by atoms with Crippen LogP contribution >= 0.6 is 0 Å². The van der Waals surface area contributed by atoms with Crippen LogP contribution in [0, 0.1) is 13.8 Å². The molecule has 0 radical (unpaired) electrons. The molecule has 2 N–H and O–H groups in total. The van der Waals surface area contributed by atoms with Gasteiger partial charge < -0.3 is 15.0 Å². The lowest BCUT2D eigenvalue weighted by Gasteiger charge is -2.11. The van der Waals surface area contributed by atoms with Gasteiger partial charge in [0.15, 0.2) is 0 Å². The lowest BCUT2D eigenvalue weighted by atomic mass is 10.1. The zero-order valence-corrected chi connectivity index (χ0v) is 15.2. The molecule has 1 aromatic heterocycles. The molecule has 3 aromatic rings. The fourth-order valence-corrected chi connectivity index (χ4v) is 3.20. The van der Waals surface area contributed by atoms with Gasteiger partial charge in [-0.25, -0.2) is 0 Å². The molecule has 4 nitrogen and oxygen atoms in total. The highest BCUT2D eigenvalue weighted by Gasteiger charge is 2.16. The minimum Gasteiger partial charge on any atom is -0.392 e. The van der Waals surface area contributed by atoms with Crippen molar-refractivity contribution < 1.29 is 9.90 Å². The van der Waals surface area contributed by atoms with Crippen molar-refractivity contribution in [1.29, 1.82) is 0 Å². The molecule has 0 atom stereocenters. The number of aromatic nitrogens is 1. The lowest BCUT2D eigenvalue weighted by Crippen LogP contribution is -2.24.